The Balaban J connectivity index is 2.24. The van der Waals surface area contributed by atoms with E-state index in [9.17, 15) is 4.79 Å². The summed E-state index contributed by atoms with van der Waals surface area (Å²) < 4.78 is 5.35. The Hall–Kier alpha value is -2.94. The van der Waals surface area contributed by atoms with Crippen LogP contribution in [0.2, 0.25) is 0 Å². The van der Waals surface area contributed by atoms with Crippen LogP contribution >= 0.6 is 0 Å². The first-order chi connectivity index (χ1) is 8.70. The summed E-state index contributed by atoms with van der Waals surface area (Å²) in [5.74, 6) is -0.688. The molecule has 1 aromatic carbocycles. The number of benzene rings is 1. The van der Waals surface area contributed by atoms with Crippen LogP contribution in [0.5, 0.6) is 11.6 Å². The average molecular weight is 241 g/mol. The molecule has 0 unspecified atom stereocenters. The van der Waals surface area contributed by atoms with E-state index in [2.05, 4.69) is 10.2 Å². The molecule has 0 fully saturated rings. The van der Waals surface area contributed by atoms with Gasteiger partial charge in [0.05, 0.1) is 5.56 Å². The highest BCUT2D eigenvalue weighted by Gasteiger charge is 2.08. The molecule has 0 radical (unpaired) electrons. The molecule has 2 aromatic rings. The van der Waals surface area contributed by atoms with Crippen molar-refractivity contribution in [2.24, 2.45) is 0 Å². The van der Waals surface area contributed by atoms with E-state index < -0.39 is 5.97 Å². The topological polar surface area (TPSA) is 96.1 Å². The predicted octanol–water partition coefficient (Wildman–Crippen LogP) is 1.84. The molecule has 88 valence electrons. The minimum absolute atomic E-state index is 0.128. The Morgan fingerprint density at radius 1 is 1.22 bits per heavy atom. The van der Waals surface area contributed by atoms with Gasteiger partial charge < -0.3 is 9.84 Å². The summed E-state index contributed by atoms with van der Waals surface area (Å²) in [7, 11) is 0. The maximum Gasteiger partial charge on any atom is 0.356 e. The van der Waals surface area contributed by atoms with E-state index in [4.69, 9.17) is 15.1 Å². The lowest BCUT2D eigenvalue weighted by Crippen LogP contribution is -2.02. The molecule has 0 aliphatic rings. The highest BCUT2D eigenvalue weighted by Crippen LogP contribution is 2.22. The summed E-state index contributed by atoms with van der Waals surface area (Å²) in [6.07, 6.45) is 0. The molecular formula is C12H7N3O3. The Kier molecular flexibility index (Phi) is 3.16. The lowest BCUT2D eigenvalue weighted by Gasteiger charge is -2.05. The smallest absolute Gasteiger partial charge is 0.356 e. The third-order valence-corrected chi connectivity index (χ3v) is 2.08. The van der Waals surface area contributed by atoms with Gasteiger partial charge >= 0.3 is 5.97 Å². The van der Waals surface area contributed by atoms with Crippen LogP contribution in [0.1, 0.15) is 16.1 Å². The molecule has 0 saturated heterocycles. The van der Waals surface area contributed by atoms with Gasteiger partial charge in [-0.15, -0.1) is 10.2 Å². The van der Waals surface area contributed by atoms with Gasteiger partial charge in [-0.1, -0.05) is 12.1 Å². The number of hydrogen-bond donors (Lipinski definition) is 1. The maximum absolute atomic E-state index is 10.6. The van der Waals surface area contributed by atoms with E-state index in [0.29, 0.717) is 11.3 Å². The monoisotopic (exact) mass is 241 g/mol. The molecular weight excluding hydrogens is 234 g/mol. The number of aromatic nitrogens is 2. The Morgan fingerprint density at radius 2 is 2.00 bits per heavy atom. The molecule has 0 spiro atoms. The van der Waals surface area contributed by atoms with Crippen LogP contribution in [-0.4, -0.2) is 21.3 Å². The minimum Gasteiger partial charge on any atom is -0.476 e. The molecule has 0 atom stereocenters. The molecule has 6 heteroatoms. The molecule has 2 rings (SSSR count). The number of ether oxygens (including phenoxy) is 1. The van der Waals surface area contributed by atoms with Crippen LogP contribution in [0, 0.1) is 11.3 Å². The third-order valence-electron chi connectivity index (χ3n) is 2.08. The molecule has 1 aromatic heterocycles. The Labute approximate surface area is 102 Å². The number of rotatable bonds is 3. The lowest BCUT2D eigenvalue weighted by molar-refractivity contribution is 0.0689. The first-order valence-electron chi connectivity index (χ1n) is 4.94. The minimum atomic E-state index is -1.16. The zero-order chi connectivity index (χ0) is 13.0. The molecule has 0 aliphatic heterocycles. The number of hydrogen-bond acceptors (Lipinski definition) is 5. The number of aromatic carboxylic acids is 1. The second-order valence-corrected chi connectivity index (χ2v) is 3.27. The zero-order valence-corrected chi connectivity index (χ0v) is 9.07. The zero-order valence-electron chi connectivity index (χ0n) is 9.07. The second-order valence-electron chi connectivity index (χ2n) is 3.27. The van der Waals surface area contributed by atoms with Gasteiger partial charge in [0.1, 0.15) is 11.8 Å². The van der Waals surface area contributed by atoms with E-state index in [-0.39, 0.29) is 11.6 Å². The summed E-state index contributed by atoms with van der Waals surface area (Å²) in [5, 5.41) is 24.6. The van der Waals surface area contributed by atoms with Crippen LogP contribution in [0.4, 0.5) is 0 Å². The standard InChI is InChI=1S/C12H7N3O3/c13-7-8-3-1-2-4-10(8)18-11-6-5-9(12(16)17)14-15-11/h1-6H,(H,16,17). The van der Waals surface area contributed by atoms with Gasteiger partial charge in [0, 0.05) is 6.07 Å². The predicted molar refractivity (Wildman–Crippen MR) is 60.2 cm³/mol. The van der Waals surface area contributed by atoms with Crippen LogP contribution in [-0.2, 0) is 0 Å². The van der Waals surface area contributed by atoms with Gasteiger partial charge in [-0.05, 0) is 18.2 Å². The highest BCUT2D eigenvalue weighted by molar-refractivity contribution is 5.84. The van der Waals surface area contributed by atoms with Crippen molar-refractivity contribution >= 4 is 5.97 Å². The number of para-hydroxylation sites is 1. The normalized spacial score (nSPS) is 9.50. The van der Waals surface area contributed by atoms with Gasteiger partial charge in [-0.2, -0.15) is 5.26 Å². The molecule has 1 N–H and O–H groups in total. The van der Waals surface area contributed by atoms with Crippen molar-refractivity contribution in [1.82, 2.24) is 10.2 Å². The van der Waals surface area contributed by atoms with Crippen molar-refractivity contribution in [3.63, 3.8) is 0 Å². The van der Waals surface area contributed by atoms with Gasteiger partial charge in [0.15, 0.2) is 5.69 Å². The summed E-state index contributed by atoms with van der Waals surface area (Å²) in [5.41, 5.74) is 0.192. The molecule has 6 nitrogen and oxygen atoms in total. The van der Waals surface area contributed by atoms with Crippen molar-refractivity contribution in [3.8, 4) is 17.7 Å². The fraction of sp³-hybridized carbons (Fsp3) is 0. The van der Waals surface area contributed by atoms with Crippen LogP contribution in [0.3, 0.4) is 0 Å². The van der Waals surface area contributed by atoms with Crippen LogP contribution in [0.25, 0.3) is 0 Å². The van der Waals surface area contributed by atoms with Crippen molar-refractivity contribution in [1.29, 1.82) is 5.26 Å². The Bertz CT molecular complexity index is 617. The van der Waals surface area contributed by atoms with Gasteiger partial charge in [-0.3, -0.25) is 0 Å². The number of carbonyl (C=O) groups is 1. The Morgan fingerprint density at radius 3 is 2.61 bits per heavy atom. The highest BCUT2D eigenvalue weighted by atomic mass is 16.5. The van der Waals surface area contributed by atoms with E-state index in [0.717, 1.165) is 0 Å². The molecule has 18 heavy (non-hydrogen) atoms. The number of carboxylic acids is 1. The number of carboxylic acid groups (broad SMARTS) is 1. The summed E-state index contributed by atoms with van der Waals surface area (Å²) in [4.78, 5) is 10.6. The van der Waals surface area contributed by atoms with E-state index in [1.807, 2.05) is 6.07 Å². The summed E-state index contributed by atoms with van der Waals surface area (Å²) >= 11 is 0. The molecule has 0 bridgehead atoms. The van der Waals surface area contributed by atoms with Crippen molar-refractivity contribution in [3.05, 3.63) is 47.7 Å². The van der Waals surface area contributed by atoms with E-state index >= 15 is 0 Å². The third kappa shape index (κ3) is 2.41. The first kappa shape index (κ1) is 11.5. The van der Waals surface area contributed by atoms with Crippen LogP contribution in [0.15, 0.2) is 36.4 Å². The molecule has 1 heterocycles. The van der Waals surface area contributed by atoms with E-state index in [1.54, 1.807) is 24.3 Å². The van der Waals surface area contributed by atoms with Crippen LogP contribution < -0.4 is 4.74 Å². The van der Waals surface area contributed by atoms with Gasteiger partial charge in [0.2, 0.25) is 5.88 Å². The fourth-order valence-corrected chi connectivity index (χ4v) is 1.25. The summed E-state index contributed by atoms with van der Waals surface area (Å²) in [6, 6.07) is 11.3. The second kappa shape index (κ2) is 4.93. The largest absolute Gasteiger partial charge is 0.476 e. The average Bonchev–Trinajstić information content (AvgIpc) is 2.40. The van der Waals surface area contributed by atoms with Crippen molar-refractivity contribution < 1.29 is 14.6 Å². The van der Waals surface area contributed by atoms with Crippen molar-refractivity contribution in [2.45, 2.75) is 0 Å². The van der Waals surface area contributed by atoms with Gasteiger partial charge in [-0.25, -0.2) is 4.79 Å². The van der Waals surface area contributed by atoms with Gasteiger partial charge in [0.25, 0.3) is 0 Å². The number of nitriles is 1. The van der Waals surface area contributed by atoms with Crippen molar-refractivity contribution in [2.75, 3.05) is 0 Å². The molecule has 0 amide bonds. The first-order valence-corrected chi connectivity index (χ1v) is 4.94. The molecule has 0 aliphatic carbocycles. The van der Waals surface area contributed by atoms with E-state index in [1.165, 1.54) is 12.1 Å². The lowest BCUT2D eigenvalue weighted by atomic mass is 10.2. The fourth-order valence-electron chi connectivity index (χ4n) is 1.25. The SMILES string of the molecule is N#Cc1ccccc1Oc1ccc(C(=O)O)nn1. The quantitative estimate of drug-likeness (QED) is 0.880. The number of nitrogens with zero attached hydrogens (tertiary/aromatic N) is 3. The maximum atomic E-state index is 10.6. The molecule has 0 saturated carbocycles. The summed E-state index contributed by atoms with van der Waals surface area (Å²) in [6.45, 7) is 0.